The number of fused-ring (bicyclic) bond motifs is 1. The van der Waals surface area contributed by atoms with Crippen molar-refractivity contribution in [2.45, 2.75) is 12.5 Å². The van der Waals surface area contributed by atoms with E-state index < -0.39 is 6.10 Å². The molecule has 1 aromatic heterocycles. The highest BCUT2D eigenvalue weighted by molar-refractivity contribution is 6.30. The highest BCUT2D eigenvalue weighted by atomic mass is 35.5. The number of anilines is 1. The second kappa shape index (κ2) is 6.65. The molecule has 0 radical (unpaired) electrons. The number of halogens is 1. The van der Waals surface area contributed by atoms with Crippen molar-refractivity contribution in [3.8, 4) is 17.0 Å². The van der Waals surface area contributed by atoms with E-state index in [0.717, 1.165) is 11.1 Å². The van der Waals surface area contributed by atoms with Crippen LogP contribution in [0, 0.1) is 0 Å². The number of carbonyl (C=O) groups excluding carboxylic acids is 1. The second-order valence-electron chi connectivity index (χ2n) is 5.94. The van der Waals surface area contributed by atoms with Crippen LogP contribution in [0.3, 0.4) is 0 Å². The summed E-state index contributed by atoms with van der Waals surface area (Å²) in [6.07, 6.45) is -0.124. The predicted octanol–water partition coefficient (Wildman–Crippen LogP) is 3.03. The molecule has 0 bridgehead atoms. The number of hydrogen-bond donors (Lipinski definition) is 2. The molecular formula is C19H14ClN3O3. The van der Waals surface area contributed by atoms with E-state index >= 15 is 0 Å². The van der Waals surface area contributed by atoms with Crippen LogP contribution in [0.25, 0.3) is 11.3 Å². The van der Waals surface area contributed by atoms with Crippen LogP contribution in [0.15, 0.2) is 59.4 Å². The highest BCUT2D eigenvalue weighted by Crippen LogP contribution is 2.31. The summed E-state index contributed by atoms with van der Waals surface area (Å²) in [5.41, 5.74) is 2.67. The first-order chi connectivity index (χ1) is 12.6. The van der Waals surface area contributed by atoms with Crippen molar-refractivity contribution in [2.24, 2.45) is 0 Å². The zero-order valence-electron chi connectivity index (χ0n) is 13.5. The minimum Gasteiger partial charge on any atom is -0.480 e. The van der Waals surface area contributed by atoms with Crippen LogP contribution < -0.4 is 15.6 Å². The summed E-state index contributed by atoms with van der Waals surface area (Å²) in [4.78, 5) is 23.7. The number of ether oxygens (including phenoxy) is 1. The third kappa shape index (κ3) is 3.32. The highest BCUT2D eigenvalue weighted by Gasteiger charge is 2.29. The molecule has 1 amide bonds. The number of nitrogens with one attached hydrogen (secondary N) is 2. The Morgan fingerprint density at radius 3 is 2.88 bits per heavy atom. The van der Waals surface area contributed by atoms with Crippen molar-refractivity contribution >= 4 is 23.2 Å². The Balaban J connectivity index is 1.49. The summed E-state index contributed by atoms with van der Waals surface area (Å²) in [6, 6.07) is 15.6. The van der Waals surface area contributed by atoms with Crippen LogP contribution in [-0.4, -0.2) is 22.2 Å². The summed E-state index contributed by atoms with van der Waals surface area (Å²) in [5.74, 6) is 0.449. The fraction of sp³-hybridized carbons (Fsp3) is 0.105. The van der Waals surface area contributed by atoms with Crippen LogP contribution >= 0.6 is 11.6 Å². The van der Waals surface area contributed by atoms with Crippen molar-refractivity contribution in [3.05, 3.63) is 75.5 Å². The molecule has 2 N–H and O–H groups in total. The average molecular weight is 368 g/mol. The number of carbonyl (C=O) groups is 1. The first-order valence-corrected chi connectivity index (χ1v) is 8.38. The van der Waals surface area contributed by atoms with E-state index in [1.54, 1.807) is 30.3 Å². The average Bonchev–Trinajstić information content (AvgIpc) is 3.06. The third-order valence-corrected chi connectivity index (χ3v) is 4.33. The monoisotopic (exact) mass is 367 g/mol. The molecule has 0 saturated carbocycles. The minimum absolute atomic E-state index is 0.232. The van der Waals surface area contributed by atoms with Gasteiger partial charge in [0.2, 0.25) is 0 Å². The van der Waals surface area contributed by atoms with Crippen molar-refractivity contribution in [2.75, 3.05) is 5.32 Å². The number of hydrogen-bond acceptors (Lipinski definition) is 4. The molecule has 2 aromatic carbocycles. The zero-order valence-corrected chi connectivity index (χ0v) is 14.3. The molecule has 0 saturated heterocycles. The molecule has 3 aromatic rings. The Labute approximate surface area is 153 Å². The largest absolute Gasteiger partial charge is 0.480 e. The number of benzene rings is 2. The zero-order chi connectivity index (χ0) is 18.1. The number of H-pyrrole nitrogens is 1. The van der Waals surface area contributed by atoms with E-state index in [9.17, 15) is 9.59 Å². The molecule has 1 atom stereocenters. The number of nitrogens with zero attached hydrogens (tertiary/aromatic N) is 1. The molecule has 26 heavy (non-hydrogen) atoms. The summed E-state index contributed by atoms with van der Waals surface area (Å²) in [6.45, 7) is 0. The van der Waals surface area contributed by atoms with Crippen LogP contribution in [0.2, 0.25) is 5.02 Å². The topological polar surface area (TPSA) is 84.1 Å². The van der Waals surface area contributed by atoms with Gasteiger partial charge in [0.1, 0.15) is 5.75 Å². The van der Waals surface area contributed by atoms with E-state index in [1.807, 2.05) is 18.2 Å². The Morgan fingerprint density at radius 2 is 2.08 bits per heavy atom. The molecule has 4 rings (SSSR count). The molecule has 2 heterocycles. The Bertz CT molecular complexity index is 1030. The fourth-order valence-corrected chi connectivity index (χ4v) is 3.04. The van der Waals surface area contributed by atoms with Crippen molar-refractivity contribution in [1.29, 1.82) is 0 Å². The SMILES string of the molecule is O=C(Nc1cccc(-c2ccc(=O)[nH]n2)c1)C1Cc2cc(Cl)ccc2O1. The lowest BCUT2D eigenvalue weighted by molar-refractivity contribution is -0.122. The van der Waals surface area contributed by atoms with Gasteiger partial charge < -0.3 is 10.1 Å². The Morgan fingerprint density at radius 1 is 1.19 bits per heavy atom. The van der Waals surface area contributed by atoms with Gasteiger partial charge in [-0.1, -0.05) is 23.7 Å². The molecule has 6 nitrogen and oxygen atoms in total. The molecule has 7 heteroatoms. The summed E-state index contributed by atoms with van der Waals surface area (Å²) in [7, 11) is 0. The first kappa shape index (κ1) is 16.4. The minimum atomic E-state index is -0.599. The van der Waals surface area contributed by atoms with Crippen LogP contribution in [0.5, 0.6) is 5.75 Å². The summed E-state index contributed by atoms with van der Waals surface area (Å²) in [5, 5.41) is 9.87. The number of amides is 1. The lowest BCUT2D eigenvalue weighted by Crippen LogP contribution is -2.31. The second-order valence-corrected chi connectivity index (χ2v) is 6.38. The van der Waals surface area contributed by atoms with Gasteiger partial charge in [-0.25, -0.2) is 5.10 Å². The first-order valence-electron chi connectivity index (χ1n) is 8.00. The van der Waals surface area contributed by atoms with Gasteiger partial charge in [0, 0.05) is 28.8 Å². The normalized spacial score (nSPS) is 15.2. The van der Waals surface area contributed by atoms with Gasteiger partial charge in [-0.15, -0.1) is 0 Å². The Kier molecular flexibility index (Phi) is 4.18. The van der Waals surface area contributed by atoms with Gasteiger partial charge in [0.15, 0.2) is 6.10 Å². The fourth-order valence-electron chi connectivity index (χ4n) is 2.85. The van der Waals surface area contributed by atoms with Crippen LogP contribution in [0.1, 0.15) is 5.56 Å². The van der Waals surface area contributed by atoms with Gasteiger partial charge >= 0.3 is 0 Å². The number of aromatic amines is 1. The molecule has 1 aliphatic rings. The molecule has 0 spiro atoms. The van der Waals surface area contributed by atoms with Crippen molar-refractivity contribution in [3.63, 3.8) is 0 Å². The lowest BCUT2D eigenvalue weighted by Gasteiger charge is -2.12. The maximum atomic E-state index is 12.5. The van der Waals surface area contributed by atoms with E-state index in [-0.39, 0.29) is 11.5 Å². The lowest BCUT2D eigenvalue weighted by atomic mass is 10.1. The molecule has 0 fully saturated rings. The van der Waals surface area contributed by atoms with Crippen molar-refractivity contribution in [1.82, 2.24) is 10.2 Å². The van der Waals surface area contributed by atoms with E-state index in [0.29, 0.717) is 28.6 Å². The van der Waals surface area contributed by atoms with E-state index in [2.05, 4.69) is 15.5 Å². The quantitative estimate of drug-likeness (QED) is 0.745. The predicted molar refractivity (Wildman–Crippen MR) is 98.5 cm³/mol. The maximum Gasteiger partial charge on any atom is 0.265 e. The standard InChI is InChI=1S/C19H14ClN3O3/c20-13-4-6-16-12(8-13)10-17(26-16)19(25)21-14-3-1-2-11(9-14)15-5-7-18(24)23-22-15/h1-9,17H,10H2,(H,21,25)(H,23,24). The molecular weight excluding hydrogens is 354 g/mol. The van der Waals surface area contributed by atoms with E-state index in [1.165, 1.54) is 6.07 Å². The molecule has 0 aliphatic carbocycles. The van der Waals surface area contributed by atoms with E-state index in [4.69, 9.17) is 16.3 Å². The van der Waals surface area contributed by atoms with Gasteiger partial charge in [-0.05, 0) is 42.0 Å². The Hall–Kier alpha value is -3.12. The van der Waals surface area contributed by atoms with Gasteiger partial charge in [0.05, 0.1) is 5.69 Å². The summed E-state index contributed by atoms with van der Waals surface area (Å²) >= 11 is 5.98. The molecule has 1 aliphatic heterocycles. The smallest absolute Gasteiger partial charge is 0.265 e. The van der Waals surface area contributed by atoms with Gasteiger partial charge in [-0.3, -0.25) is 9.59 Å². The van der Waals surface area contributed by atoms with Crippen LogP contribution in [0.4, 0.5) is 5.69 Å². The molecule has 1 unspecified atom stereocenters. The van der Waals surface area contributed by atoms with Gasteiger partial charge in [-0.2, -0.15) is 5.10 Å². The van der Waals surface area contributed by atoms with Gasteiger partial charge in [0.25, 0.3) is 11.5 Å². The number of rotatable bonds is 3. The third-order valence-electron chi connectivity index (χ3n) is 4.09. The number of aromatic nitrogens is 2. The maximum absolute atomic E-state index is 12.5. The van der Waals surface area contributed by atoms with Crippen LogP contribution in [-0.2, 0) is 11.2 Å². The van der Waals surface area contributed by atoms with Crippen molar-refractivity contribution < 1.29 is 9.53 Å². The summed E-state index contributed by atoms with van der Waals surface area (Å²) < 4.78 is 5.70. The molecule has 130 valence electrons.